The molecule has 4 aromatic rings. The lowest BCUT2D eigenvalue weighted by atomic mass is 10.1. The van der Waals surface area contributed by atoms with Crippen molar-refractivity contribution in [1.82, 2.24) is 14.1 Å². The third-order valence-corrected chi connectivity index (χ3v) is 5.92. The van der Waals surface area contributed by atoms with Gasteiger partial charge >= 0.3 is 5.69 Å². The van der Waals surface area contributed by atoms with Gasteiger partial charge in [0, 0.05) is 13.1 Å². The molecule has 27 heavy (non-hydrogen) atoms. The second kappa shape index (κ2) is 5.85. The molecule has 5 rings (SSSR count). The van der Waals surface area contributed by atoms with Crippen LogP contribution >= 0.6 is 15.9 Å². The number of halogens is 1. The van der Waals surface area contributed by atoms with Crippen molar-refractivity contribution in [2.75, 3.05) is 13.7 Å². The highest BCUT2D eigenvalue weighted by atomic mass is 79.9. The standard InChI is InChI=1S/C20H16BrN3O3/c1-23-13-9-22-12-8-15(26-2)17(21)19-16(12)18(13)24(20(23)25)14(10-27-19)11-6-4-3-5-7-11/h3-9,14H,10H2,1-2H3/t14-/m0/s1. The Bertz CT molecular complexity index is 1260. The molecule has 7 heteroatoms. The summed E-state index contributed by atoms with van der Waals surface area (Å²) in [6, 6.07) is 11.6. The number of aromatic nitrogens is 3. The SMILES string of the molecule is COc1cc2ncc3c4c2c(c1Br)OC[C@@H](c1ccccc1)n4c(=O)n3C. The van der Waals surface area contributed by atoms with Gasteiger partial charge in [-0.15, -0.1) is 0 Å². The van der Waals surface area contributed by atoms with Crippen molar-refractivity contribution in [3.05, 3.63) is 63.1 Å². The van der Waals surface area contributed by atoms with Crippen LogP contribution in [0.15, 0.2) is 51.9 Å². The van der Waals surface area contributed by atoms with E-state index in [9.17, 15) is 4.79 Å². The van der Waals surface area contributed by atoms with E-state index in [1.807, 2.05) is 41.0 Å². The maximum Gasteiger partial charge on any atom is 0.329 e. The molecule has 0 amide bonds. The van der Waals surface area contributed by atoms with Gasteiger partial charge in [-0.2, -0.15) is 0 Å². The molecule has 1 aliphatic heterocycles. The summed E-state index contributed by atoms with van der Waals surface area (Å²) in [4.78, 5) is 17.7. The summed E-state index contributed by atoms with van der Waals surface area (Å²) in [7, 11) is 3.39. The molecule has 0 radical (unpaired) electrons. The predicted octanol–water partition coefficient (Wildman–Crippen LogP) is 3.64. The molecule has 0 bridgehead atoms. The van der Waals surface area contributed by atoms with Crippen LogP contribution in [0.5, 0.6) is 11.5 Å². The van der Waals surface area contributed by atoms with Crippen molar-refractivity contribution >= 4 is 37.9 Å². The lowest BCUT2D eigenvalue weighted by Gasteiger charge is -2.18. The molecule has 0 spiro atoms. The fraction of sp³-hybridized carbons (Fsp3) is 0.200. The van der Waals surface area contributed by atoms with Crippen molar-refractivity contribution in [3.8, 4) is 11.5 Å². The largest absolute Gasteiger partial charge is 0.495 e. The first kappa shape index (κ1) is 16.4. The molecule has 0 unspecified atom stereocenters. The van der Waals surface area contributed by atoms with Crippen LogP contribution < -0.4 is 15.2 Å². The number of imidazole rings is 1. The molecular weight excluding hydrogens is 410 g/mol. The van der Waals surface area contributed by atoms with Crippen LogP contribution in [0, 0.1) is 0 Å². The topological polar surface area (TPSA) is 58.3 Å². The minimum atomic E-state index is -0.238. The maximum absolute atomic E-state index is 13.1. The van der Waals surface area contributed by atoms with Gasteiger partial charge in [0.1, 0.15) is 22.6 Å². The number of nitrogens with zero attached hydrogens (tertiary/aromatic N) is 3. The first-order chi connectivity index (χ1) is 13.1. The lowest BCUT2D eigenvalue weighted by molar-refractivity contribution is 0.275. The zero-order valence-electron chi connectivity index (χ0n) is 14.8. The first-order valence-electron chi connectivity index (χ1n) is 8.55. The van der Waals surface area contributed by atoms with Crippen LogP contribution in [0.4, 0.5) is 0 Å². The van der Waals surface area contributed by atoms with Crippen molar-refractivity contribution in [2.45, 2.75) is 6.04 Å². The Morgan fingerprint density at radius 3 is 2.81 bits per heavy atom. The van der Waals surface area contributed by atoms with Crippen molar-refractivity contribution in [3.63, 3.8) is 0 Å². The molecule has 0 fully saturated rings. The fourth-order valence-corrected chi connectivity index (χ4v) is 4.42. The highest BCUT2D eigenvalue weighted by Crippen LogP contribution is 2.45. The van der Waals surface area contributed by atoms with Gasteiger partial charge in [-0.3, -0.25) is 14.1 Å². The molecule has 6 nitrogen and oxygen atoms in total. The molecule has 1 aliphatic rings. The summed E-state index contributed by atoms with van der Waals surface area (Å²) in [5, 5.41) is 0.816. The second-order valence-corrected chi connectivity index (χ2v) is 7.35. The number of hydrogen-bond acceptors (Lipinski definition) is 4. The minimum absolute atomic E-state index is 0.0865. The third kappa shape index (κ3) is 2.18. The maximum atomic E-state index is 13.1. The van der Waals surface area contributed by atoms with E-state index in [2.05, 4.69) is 20.9 Å². The zero-order chi connectivity index (χ0) is 18.7. The Morgan fingerprint density at radius 2 is 2.07 bits per heavy atom. The van der Waals surface area contributed by atoms with Gasteiger partial charge in [-0.25, -0.2) is 4.79 Å². The Kier molecular flexibility index (Phi) is 3.55. The summed E-state index contributed by atoms with van der Waals surface area (Å²) in [5.41, 5.74) is 3.27. The van der Waals surface area contributed by atoms with Crippen LogP contribution in [0.25, 0.3) is 21.9 Å². The summed E-state index contributed by atoms with van der Waals surface area (Å²) < 4.78 is 15.9. The normalized spacial score (nSPS) is 15.9. The van der Waals surface area contributed by atoms with Crippen LogP contribution in [0.2, 0.25) is 0 Å². The smallest absolute Gasteiger partial charge is 0.329 e. The van der Waals surface area contributed by atoms with Crippen molar-refractivity contribution in [1.29, 1.82) is 0 Å². The number of aryl methyl sites for hydroxylation is 1. The summed E-state index contributed by atoms with van der Waals surface area (Å²) in [6.45, 7) is 0.332. The molecular formula is C20H16BrN3O3. The minimum Gasteiger partial charge on any atom is -0.495 e. The highest BCUT2D eigenvalue weighted by Gasteiger charge is 2.29. The first-order valence-corrected chi connectivity index (χ1v) is 9.35. The predicted molar refractivity (Wildman–Crippen MR) is 107 cm³/mol. The monoisotopic (exact) mass is 425 g/mol. The molecule has 0 saturated carbocycles. The molecule has 0 aliphatic carbocycles. The van der Waals surface area contributed by atoms with E-state index in [4.69, 9.17) is 9.47 Å². The number of methoxy groups -OCH3 is 1. The van der Waals surface area contributed by atoms with E-state index in [0.717, 1.165) is 32.0 Å². The molecule has 2 aromatic heterocycles. The number of ether oxygens (including phenoxy) is 2. The van der Waals surface area contributed by atoms with Gasteiger partial charge in [0.2, 0.25) is 0 Å². The summed E-state index contributed by atoms with van der Waals surface area (Å²) in [5.74, 6) is 1.30. The molecule has 2 aromatic carbocycles. The van der Waals surface area contributed by atoms with E-state index in [0.29, 0.717) is 18.1 Å². The van der Waals surface area contributed by atoms with E-state index in [1.54, 1.807) is 24.9 Å². The van der Waals surface area contributed by atoms with E-state index in [1.165, 1.54) is 0 Å². The average Bonchev–Trinajstić information content (AvgIpc) is 2.85. The quantitative estimate of drug-likeness (QED) is 0.491. The van der Waals surface area contributed by atoms with Gasteiger partial charge in [0.15, 0.2) is 0 Å². The summed E-state index contributed by atoms with van der Waals surface area (Å²) >= 11 is 3.60. The number of pyridine rings is 1. The van der Waals surface area contributed by atoms with Gasteiger partial charge in [0.25, 0.3) is 0 Å². The number of hydrogen-bond donors (Lipinski definition) is 0. The van der Waals surface area contributed by atoms with E-state index in [-0.39, 0.29) is 11.7 Å². The van der Waals surface area contributed by atoms with Gasteiger partial charge in [-0.05, 0) is 21.5 Å². The molecule has 3 heterocycles. The number of benzene rings is 2. The second-order valence-electron chi connectivity index (χ2n) is 6.56. The van der Waals surface area contributed by atoms with Crippen LogP contribution in [0.3, 0.4) is 0 Å². The Balaban J connectivity index is 1.96. The van der Waals surface area contributed by atoms with Crippen LogP contribution in [-0.2, 0) is 7.05 Å². The lowest BCUT2D eigenvalue weighted by Crippen LogP contribution is -2.29. The number of rotatable bonds is 2. The highest BCUT2D eigenvalue weighted by molar-refractivity contribution is 9.10. The zero-order valence-corrected chi connectivity index (χ0v) is 16.4. The van der Waals surface area contributed by atoms with Crippen LogP contribution in [0.1, 0.15) is 11.6 Å². The van der Waals surface area contributed by atoms with Gasteiger partial charge < -0.3 is 9.47 Å². The Hall–Kier alpha value is -2.80. The third-order valence-electron chi connectivity index (χ3n) is 5.17. The van der Waals surface area contributed by atoms with Crippen molar-refractivity contribution in [2.24, 2.45) is 7.05 Å². The molecule has 1 atom stereocenters. The van der Waals surface area contributed by atoms with Crippen LogP contribution in [-0.4, -0.2) is 27.8 Å². The molecule has 136 valence electrons. The van der Waals surface area contributed by atoms with Crippen molar-refractivity contribution < 1.29 is 9.47 Å². The summed E-state index contributed by atoms with van der Waals surface area (Å²) in [6.07, 6.45) is 1.74. The Labute approximate surface area is 163 Å². The molecule has 0 saturated heterocycles. The van der Waals surface area contributed by atoms with Gasteiger partial charge in [0.05, 0.1) is 41.3 Å². The average molecular weight is 426 g/mol. The van der Waals surface area contributed by atoms with Gasteiger partial charge in [-0.1, -0.05) is 30.3 Å². The molecule has 0 N–H and O–H groups in total. The Morgan fingerprint density at radius 1 is 1.30 bits per heavy atom. The van der Waals surface area contributed by atoms with E-state index >= 15 is 0 Å². The van der Waals surface area contributed by atoms with E-state index < -0.39 is 0 Å². The fourth-order valence-electron chi connectivity index (χ4n) is 3.83.